The summed E-state index contributed by atoms with van der Waals surface area (Å²) >= 11 is 0. The Bertz CT molecular complexity index is 270. The Morgan fingerprint density at radius 2 is 1.67 bits per heavy atom. The number of para-hydroxylation sites is 1. The van der Waals surface area contributed by atoms with Crippen LogP contribution in [0.3, 0.4) is 0 Å². The van der Waals surface area contributed by atoms with Gasteiger partial charge in [0.25, 0.3) is 0 Å². The van der Waals surface area contributed by atoms with Crippen LogP contribution in [0.4, 0.5) is 5.69 Å². The van der Waals surface area contributed by atoms with Gasteiger partial charge >= 0.3 is 0 Å². The maximum atomic E-state index is 5.56. The first-order valence-electron chi connectivity index (χ1n) is 4.68. The third kappa shape index (κ3) is 4.74. The summed E-state index contributed by atoms with van der Waals surface area (Å²) in [6.45, 7) is 6.97. The first-order valence-corrected chi connectivity index (χ1v) is 4.68. The molecule has 0 fully saturated rings. The van der Waals surface area contributed by atoms with Crippen molar-refractivity contribution in [1.29, 1.82) is 0 Å². The second kappa shape index (κ2) is 7.80. The number of anilines is 1. The van der Waals surface area contributed by atoms with Gasteiger partial charge in [0.2, 0.25) is 0 Å². The molecule has 0 heterocycles. The van der Waals surface area contributed by atoms with Crippen LogP contribution in [0.5, 0.6) is 0 Å². The number of hydrogen-bond acceptors (Lipinski definition) is 2. The average molecular weight is 251 g/mol. The molecule has 0 saturated carbocycles. The Morgan fingerprint density at radius 3 is 2.07 bits per heavy atom. The van der Waals surface area contributed by atoms with Crippen LogP contribution in [0.25, 0.3) is 0 Å². The van der Waals surface area contributed by atoms with E-state index in [1.165, 1.54) is 16.8 Å². The lowest BCUT2D eigenvalue weighted by molar-refractivity contribution is 0.801. The van der Waals surface area contributed by atoms with E-state index in [1.807, 2.05) is 0 Å². The molecule has 0 aliphatic rings. The molecule has 1 atom stereocenters. The van der Waals surface area contributed by atoms with Crippen LogP contribution in [-0.2, 0) is 0 Å². The van der Waals surface area contributed by atoms with Crippen molar-refractivity contribution < 1.29 is 0 Å². The van der Waals surface area contributed by atoms with Gasteiger partial charge < -0.3 is 11.1 Å². The first-order chi connectivity index (χ1) is 6.15. The van der Waals surface area contributed by atoms with Crippen molar-refractivity contribution in [1.82, 2.24) is 0 Å². The second-order valence-electron chi connectivity index (χ2n) is 3.55. The van der Waals surface area contributed by atoms with E-state index in [4.69, 9.17) is 5.73 Å². The fourth-order valence-corrected chi connectivity index (χ4v) is 1.35. The summed E-state index contributed by atoms with van der Waals surface area (Å²) in [6, 6.07) is 6.62. The van der Waals surface area contributed by atoms with Gasteiger partial charge in [-0.15, -0.1) is 24.8 Å². The fraction of sp³-hybridized carbons (Fsp3) is 0.455. The van der Waals surface area contributed by atoms with Gasteiger partial charge in [0.15, 0.2) is 0 Å². The molecule has 1 unspecified atom stereocenters. The van der Waals surface area contributed by atoms with Crippen molar-refractivity contribution in [2.45, 2.75) is 26.8 Å². The van der Waals surface area contributed by atoms with E-state index in [1.54, 1.807) is 0 Å². The number of halogens is 2. The first kappa shape index (κ1) is 17.0. The van der Waals surface area contributed by atoms with E-state index in [9.17, 15) is 0 Å². The molecule has 1 aromatic rings. The van der Waals surface area contributed by atoms with Gasteiger partial charge in [-0.05, 0) is 31.9 Å². The topological polar surface area (TPSA) is 38.0 Å². The molecule has 1 aromatic carbocycles. The van der Waals surface area contributed by atoms with Gasteiger partial charge in [-0.2, -0.15) is 0 Å². The summed E-state index contributed by atoms with van der Waals surface area (Å²) in [6.07, 6.45) is 0. The molecule has 0 spiro atoms. The van der Waals surface area contributed by atoms with E-state index in [2.05, 4.69) is 44.3 Å². The zero-order valence-corrected chi connectivity index (χ0v) is 11.0. The summed E-state index contributed by atoms with van der Waals surface area (Å²) in [5.41, 5.74) is 9.34. The quantitative estimate of drug-likeness (QED) is 0.866. The Kier molecular flexibility index (Phi) is 8.83. The number of benzene rings is 1. The maximum absolute atomic E-state index is 5.56. The summed E-state index contributed by atoms with van der Waals surface area (Å²) < 4.78 is 0. The van der Waals surface area contributed by atoms with Gasteiger partial charge in [-0.25, -0.2) is 0 Å². The van der Waals surface area contributed by atoms with Crippen LogP contribution < -0.4 is 11.1 Å². The smallest absolute Gasteiger partial charge is 0.0402 e. The minimum Gasteiger partial charge on any atom is -0.381 e. The van der Waals surface area contributed by atoms with Crippen LogP contribution in [0, 0.1) is 13.8 Å². The Balaban J connectivity index is 0. The molecule has 4 heteroatoms. The molecule has 2 nitrogen and oxygen atoms in total. The van der Waals surface area contributed by atoms with Crippen molar-refractivity contribution in [3.05, 3.63) is 29.3 Å². The van der Waals surface area contributed by atoms with E-state index in [0.717, 1.165) is 0 Å². The van der Waals surface area contributed by atoms with Gasteiger partial charge in [0.05, 0.1) is 0 Å². The van der Waals surface area contributed by atoms with Gasteiger partial charge in [-0.1, -0.05) is 18.2 Å². The molecule has 0 bridgehead atoms. The molecule has 0 aliphatic carbocycles. The summed E-state index contributed by atoms with van der Waals surface area (Å²) in [7, 11) is 0. The molecular weight excluding hydrogens is 231 g/mol. The average Bonchev–Trinajstić information content (AvgIpc) is 2.11. The number of nitrogens with two attached hydrogens (primary N) is 1. The molecule has 0 aromatic heterocycles. The summed E-state index contributed by atoms with van der Waals surface area (Å²) in [5, 5.41) is 3.40. The minimum atomic E-state index is 0. The molecule has 3 N–H and O–H groups in total. The molecule has 0 radical (unpaired) electrons. The highest BCUT2D eigenvalue weighted by molar-refractivity contribution is 5.85. The van der Waals surface area contributed by atoms with Gasteiger partial charge in [-0.3, -0.25) is 0 Å². The zero-order valence-electron chi connectivity index (χ0n) is 9.41. The highest BCUT2D eigenvalue weighted by Crippen LogP contribution is 2.19. The molecule has 0 amide bonds. The normalized spacial score (nSPS) is 10.9. The fourth-order valence-electron chi connectivity index (χ4n) is 1.35. The zero-order chi connectivity index (χ0) is 9.84. The maximum Gasteiger partial charge on any atom is 0.0402 e. The van der Waals surface area contributed by atoms with E-state index in [-0.39, 0.29) is 24.8 Å². The van der Waals surface area contributed by atoms with Crippen molar-refractivity contribution in [3.63, 3.8) is 0 Å². The van der Waals surface area contributed by atoms with E-state index in [0.29, 0.717) is 12.6 Å². The lowest BCUT2D eigenvalue weighted by Gasteiger charge is -2.17. The predicted octanol–water partition coefficient (Wildman–Crippen LogP) is 2.91. The lowest BCUT2D eigenvalue weighted by atomic mass is 10.1. The third-order valence-electron chi connectivity index (χ3n) is 2.23. The highest BCUT2D eigenvalue weighted by Gasteiger charge is 2.04. The highest BCUT2D eigenvalue weighted by atomic mass is 35.5. The van der Waals surface area contributed by atoms with Crippen molar-refractivity contribution in [2.24, 2.45) is 5.73 Å². The van der Waals surface area contributed by atoms with Crippen molar-refractivity contribution >= 4 is 30.5 Å². The van der Waals surface area contributed by atoms with Gasteiger partial charge in [0, 0.05) is 18.3 Å². The van der Waals surface area contributed by atoms with E-state index >= 15 is 0 Å². The van der Waals surface area contributed by atoms with Crippen LogP contribution in [0.1, 0.15) is 18.1 Å². The third-order valence-corrected chi connectivity index (χ3v) is 2.23. The molecule has 1 rings (SSSR count). The Morgan fingerprint density at radius 1 is 1.20 bits per heavy atom. The molecule has 0 saturated heterocycles. The number of nitrogens with one attached hydrogen (secondary N) is 1. The van der Waals surface area contributed by atoms with E-state index < -0.39 is 0 Å². The number of rotatable bonds is 3. The second-order valence-corrected chi connectivity index (χ2v) is 3.55. The summed E-state index contributed by atoms with van der Waals surface area (Å²) in [4.78, 5) is 0. The SMILES string of the molecule is Cc1cccc(C)c1NC(C)CN.Cl.Cl. The van der Waals surface area contributed by atoms with Crippen LogP contribution >= 0.6 is 24.8 Å². The molecular formula is C11H20Cl2N2. The largest absolute Gasteiger partial charge is 0.381 e. The van der Waals surface area contributed by atoms with Crippen molar-refractivity contribution in [3.8, 4) is 0 Å². The monoisotopic (exact) mass is 250 g/mol. The van der Waals surface area contributed by atoms with Crippen molar-refractivity contribution in [2.75, 3.05) is 11.9 Å². The molecule has 0 aliphatic heterocycles. The van der Waals surface area contributed by atoms with Crippen LogP contribution in [-0.4, -0.2) is 12.6 Å². The van der Waals surface area contributed by atoms with Crippen LogP contribution in [0.15, 0.2) is 18.2 Å². The van der Waals surface area contributed by atoms with Crippen LogP contribution in [0.2, 0.25) is 0 Å². The lowest BCUT2D eigenvalue weighted by Crippen LogP contribution is -2.25. The molecule has 15 heavy (non-hydrogen) atoms. The standard InChI is InChI=1S/C11H18N2.2ClH/c1-8-5-4-6-9(2)11(8)13-10(3)7-12;;/h4-6,10,13H,7,12H2,1-3H3;2*1H. The Labute approximate surface area is 104 Å². The van der Waals surface area contributed by atoms with Gasteiger partial charge in [0.1, 0.15) is 0 Å². The number of hydrogen-bond donors (Lipinski definition) is 2. The molecule has 88 valence electrons. The summed E-state index contributed by atoms with van der Waals surface area (Å²) in [5.74, 6) is 0. The number of aryl methyl sites for hydroxylation is 2. The minimum absolute atomic E-state index is 0. The Hall–Kier alpha value is -0.440. The predicted molar refractivity (Wildman–Crippen MR) is 72.6 cm³/mol.